The van der Waals surface area contributed by atoms with Crippen LogP contribution in [0.4, 0.5) is 4.39 Å². The van der Waals surface area contributed by atoms with E-state index in [1.807, 2.05) is 0 Å². The third kappa shape index (κ3) is 2.34. The molecule has 0 radical (unpaired) electrons. The predicted octanol–water partition coefficient (Wildman–Crippen LogP) is 2.10. The van der Waals surface area contributed by atoms with Crippen LogP contribution in [0.25, 0.3) is 16.5 Å². The predicted molar refractivity (Wildman–Crippen MR) is 94.7 cm³/mol. The fraction of sp³-hybridized carbons (Fsp3) is 0.316. The molecule has 1 aromatic heterocycles. The van der Waals surface area contributed by atoms with Crippen molar-refractivity contribution in [2.75, 3.05) is 18.6 Å². The van der Waals surface area contributed by atoms with Crippen molar-refractivity contribution >= 4 is 28.2 Å². The molecule has 7 heteroatoms. The number of carbonyl (C=O) groups is 2. The molecule has 1 N–H and O–H groups in total. The van der Waals surface area contributed by atoms with E-state index in [0.29, 0.717) is 54.4 Å². The lowest BCUT2D eigenvalue weighted by Crippen LogP contribution is -2.39. The molecule has 0 bridgehead atoms. The maximum absolute atomic E-state index is 15.0. The minimum Gasteiger partial charge on any atom is -0.477 e. The summed E-state index contributed by atoms with van der Waals surface area (Å²) in [5, 5.41) is 11.1. The second-order valence-electron chi connectivity index (χ2n) is 6.75. The summed E-state index contributed by atoms with van der Waals surface area (Å²) in [7, 11) is 1.78. The van der Waals surface area contributed by atoms with Crippen molar-refractivity contribution < 1.29 is 19.1 Å². The van der Waals surface area contributed by atoms with Gasteiger partial charge < -0.3 is 10.1 Å². The van der Waals surface area contributed by atoms with E-state index in [0.717, 1.165) is 6.07 Å². The van der Waals surface area contributed by atoms with E-state index in [1.54, 1.807) is 16.7 Å². The standard InChI is InChI=1S/C19H17FN2O4/c1-21-6-5-12-16(10-3-2-4-11(23)7-10)15(20)8-13-17(12)22(21)9-14(18(13)24)19(25)26/h7-9H,2-6H2,1H3,(H,25,26). The topological polar surface area (TPSA) is 79.6 Å². The van der Waals surface area contributed by atoms with Crippen LogP contribution in [-0.4, -0.2) is 35.1 Å². The van der Waals surface area contributed by atoms with Crippen molar-refractivity contribution in [1.82, 2.24) is 4.68 Å². The first-order chi connectivity index (χ1) is 12.4. The Morgan fingerprint density at radius 1 is 1.23 bits per heavy atom. The summed E-state index contributed by atoms with van der Waals surface area (Å²) in [6, 6.07) is 1.11. The van der Waals surface area contributed by atoms with Crippen molar-refractivity contribution in [3.05, 3.63) is 51.1 Å². The molecule has 2 aliphatic rings. The average molecular weight is 356 g/mol. The highest BCUT2D eigenvalue weighted by Gasteiger charge is 2.27. The smallest absolute Gasteiger partial charge is 0.341 e. The van der Waals surface area contributed by atoms with E-state index < -0.39 is 22.8 Å². The zero-order chi connectivity index (χ0) is 18.6. The molecule has 1 aliphatic carbocycles. The number of benzene rings is 1. The number of allylic oxidation sites excluding steroid dienone is 2. The zero-order valence-electron chi connectivity index (χ0n) is 14.2. The second kappa shape index (κ2) is 5.79. The molecule has 134 valence electrons. The summed E-state index contributed by atoms with van der Waals surface area (Å²) < 4.78 is 16.6. The Morgan fingerprint density at radius 2 is 2.00 bits per heavy atom. The monoisotopic (exact) mass is 356 g/mol. The maximum atomic E-state index is 15.0. The summed E-state index contributed by atoms with van der Waals surface area (Å²) in [5.74, 6) is -1.94. The summed E-state index contributed by atoms with van der Waals surface area (Å²) in [5.41, 5.74) is 1.13. The Labute approximate surface area is 148 Å². The van der Waals surface area contributed by atoms with Gasteiger partial charge in [-0.3, -0.25) is 14.3 Å². The molecule has 2 aromatic rings. The second-order valence-corrected chi connectivity index (χ2v) is 6.75. The van der Waals surface area contributed by atoms with Crippen molar-refractivity contribution in [3.8, 4) is 0 Å². The van der Waals surface area contributed by atoms with E-state index in [9.17, 15) is 23.9 Å². The van der Waals surface area contributed by atoms with Gasteiger partial charge in [0.15, 0.2) is 5.78 Å². The largest absolute Gasteiger partial charge is 0.477 e. The van der Waals surface area contributed by atoms with Crippen molar-refractivity contribution in [2.45, 2.75) is 25.7 Å². The number of nitrogens with zero attached hydrogens (tertiary/aromatic N) is 2. The van der Waals surface area contributed by atoms with Gasteiger partial charge in [-0.05, 0) is 42.5 Å². The molecule has 6 nitrogen and oxygen atoms in total. The Kier molecular flexibility index (Phi) is 3.68. The highest BCUT2D eigenvalue weighted by molar-refractivity contribution is 6.01. The highest BCUT2D eigenvalue weighted by atomic mass is 19.1. The molecule has 2 heterocycles. The van der Waals surface area contributed by atoms with Crippen LogP contribution in [0.2, 0.25) is 0 Å². The number of carbonyl (C=O) groups excluding carboxylic acids is 1. The molecular weight excluding hydrogens is 339 g/mol. The van der Waals surface area contributed by atoms with E-state index >= 15 is 0 Å². The van der Waals surface area contributed by atoms with E-state index in [4.69, 9.17) is 0 Å². The van der Waals surface area contributed by atoms with Crippen LogP contribution in [0.1, 0.15) is 40.7 Å². The van der Waals surface area contributed by atoms with Gasteiger partial charge in [-0.15, -0.1) is 0 Å². The number of carboxylic acids is 1. The number of hydrogen-bond acceptors (Lipinski definition) is 4. The van der Waals surface area contributed by atoms with Crippen LogP contribution in [-0.2, 0) is 11.2 Å². The lowest BCUT2D eigenvalue weighted by atomic mass is 9.87. The lowest BCUT2D eigenvalue weighted by molar-refractivity contribution is -0.114. The quantitative estimate of drug-likeness (QED) is 0.891. The normalized spacial score (nSPS) is 16.8. The molecule has 0 fully saturated rings. The molecule has 1 aromatic carbocycles. The molecule has 1 aliphatic heterocycles. The van der Waals surface area contributed by atoms with Gasteiger partial charge in [0.25, 0.3) is 0 Å². The van der Waals surface area contributed by atoms with Gasteiger partial charge in [-0.1, -0.05) is 0 Å². The molecule has 0 amide bonds. The molecule has 0 unspecified atom stereocenters. The first kappa shape index (κ1) is 16.5. The molecule has 0 spiro atoms. The van der Waals surface area contributed by atoms with Gasteiger partial charge >= 0.3 is 5.97 Å². The number of hydrogen-bond donors (Lipinski definition) is 1. The van der Waals surface area contributed by atoms with Gasteiger partial charge in [-0.25, -0.2) is 9.18 Å². The van der Waals surface area contributed by atoms with Crippen LogP contribution in [0.15, 0.2) is 23.1 Å². The minimum atomic E-state index is -1.34. The average Bonchev–Trinajstić information content (AvgIpc) is 2.59. The van der Waals surface area contributed by atoms with Crippen molar-refractivity contribution in [2.24, 2.45) is 0 Å². The van der Waals surface area contributed by atoms with Crippen molar-refractivity contribution in [3.63, 3.8) is 0 Å². The molecule has 0 saturated heterocycles. The number of aromatic carboxylic acids is 1. The Bertz CT molecular complexity index is 1070. The first-order valence-electron chi connectivity index (χ1n) is 8.47. The van der Waals surface area contributed by atoms with E-state index in [1.165, 1.54) is 12.3 Å². The summed E-state index contributed by atoms with van der Waals surface area (Å²) in [4.78, 5) is 35.8. The third-order valence-corrected chi connectivity index (χ3v) is 5.13. The summed E-state index contributed by atoms with van der Waals surface area (Å²) in [6.45, 7) is 0.543. The van der Waals surface area contributed by atoms with Gasteiger partial charge in [0, 0.05) is 31.8 Å². The van der Waals surface area contributed by atoms with Crippen molar-refractivity contribution in [1.29, 1.82) is 0 Å². The maximum Gasteiger partial charge on any atom is 0.341 e. The van der Waals surface area contributed by atoms with Crippen LogP contribution in [0.5, 0.6) is 0 Å². The molecule has 26 heavy (non-hydrogen) atoms. The minimum absolute atomic E-state index is 0.0236. The summed E-state index contributed by atoms with van der Waals surface area (Å²) >= 11 is 0. The Balaban J connectivity index is 2.12. The number of ketones is 1. The van der Waals surface area contributed by atoms with Crippen LogP contribution in [0.3, 0.4) is 0 Å². The third-order valence-electron chi connectivity index (χ3n) is 5.13. The van der Waals surface area contributed by atoms with E-state index in [2.05, 4.69) is 0 Å². The molecule has 0 saturated carbocycles. The number of carboxylic acid groups (broad SMARTS) is 1. The molecular formula is C19H17FN2O4. The highest BCUT2D eigenvalue weighted by Crippen LogP contribution is 2.35. The van der Waals surface area contributed by atoms with Crippen LogP contribution < -0.4 is 10.4 Å². The fourth-order valence-corrected chi connectivity index (χ4v) is 3.90. The van der Waals surface area contributed by atoms with Gasteiger partial charge in [-0.2, -0.15) is 0 Å². The number of pyridine rings is 1. The summed E-state index contributed by atoms with van der Waals surface area (Å²) in [6.07, 6.45) is 5.04. The van der Waals surface area contributed by atoms with Gasteiger partial charge in [0.2, 0.25) is 5.43 Å². The van der Waals surface area contributed by atoms with Crippen LogP contribution >= 0.6 is 0 Å². The molecule has 0 atom stereocenters. The van der Waals surface area contributed by atoms with Gasteiger partial charge in [0.1, 0.15) is 11.4 Å². The van der Waals surface area contributed by atoms with E-state index in [-0.39, 0.29) is 11.2 Å². The lowest BCUT2D eigenvalue weighted by Gasteiger charge is -2.32. The number of rotatable bonds is 2. The van der Waals surface area contributed by atoms with Crippen LogP contribution in [0, 0.1) is 5.82 Å². The number of likely N-dealkylation sites (N-methyl/N-ethyl adjacent to an activating group) is 1. The number of halogens is 1. The van der Waals surface area contributed by atoms with Gasteiger partial charge in [0.05, 0.1) is 10.9 Å². The fourth-order valence-electron chi connectivity index (χ4n) is 3.90. The molecule has 4 rings (SSSR count). The Hall–Kier alpha value is -2.96. The first-order valence-corrected chi connectivity index (χ1v) is 8.47. The Morgan fingerprint density at radius 3 is 2.69 bits per heavy atom. The SMILES string of the molecule is CN1CCc2c(C3=CC(=O)CCC3)c(F)cc3c(=O)c(C(=O)O)cn1c23. The number of aromatic nitrogens is 1. The zero-order valence-corrected chi connectivity index (χ0v) is 14.2.